The molecule has 0 saturated carbocycles. The Morgan fingerprint density at radius 2 is 1.95 bits per heavy atom. The van der Waals surface area contributed by atoms with Crippen LogP contribution in [0.2, 0.25) is 0 Å². The van der Waals surface area contributed by atoms with E-state index in [0.29, 0.717) is 22.4 Å². The first-order chi connectivity index (χ1) is 9.88. The van der Waals surface area contributed by atoms with Gasteiger partial charge >= 0.3 is 6.18 Å². The van der Waals surface area contributed by atoms with Crippen molar-refractivity contribution in [2.24, 2.45) is 0 Å². The fraction of sp³-hybridized carbons (Fsp3) is 0.364. The van der Waals surface area contributed by atoms with Crippen molar-refractivity contribution in [2.75, 3.05) is 17.2 Å². The van der Waals surface area contributed by atoms with Gasteiger partial charge in [0.05, 0.1) is 28.6 Å². The lowest BCUT2D eigenvalue weighted by Crippen LogP contribution is -2.36. The van der Waals surface area contributed by atoms with Crippen molar-refractivity contribution in [3.63, 3.8) is 0 Å². The minimum absolute atomic E-state index is 0.144. The molecule has 0 spiro atoms. The van der Waals surface area contributed by atoms with Gasteiger partial charge in [0.2, 0.25) is 5.82 Å². The summed E-state index contributed by atoms with van der Waals surface area (Å²) in [5, 5.41) is 6.89. The molecule has 2 N–H and O–H groups in total. The summed E-state index contributed by atoms with van der Waals surface area (Å²) in [5.74, 6) is -0.699. The van der Waals surface area contributed by atoms with Crippen LogP contribution in [0, 0.1) is 0 Å². The molecule has 112 valence electrons. The Labute approximate surface area is 125 Å². The van der Waals surface area contributed by atoms with Gasteiger partial charge in [-0.25, -0.2) is 0 Å². The van der Waals surface area contributed by atoms with E-state index in [1.54, 1.807) is 6.20 Å². The second-order valence-corrected chi connectivity index (χ2v) is 5.42. The molecule has 2 aromatic rings. The smallest absolute Gasteiger partial charge is 0.396 e. The maximum Gasteiger partial charge on any atom is 0.451 e. The van der Waals surface area contributed by atoms with Gasteiger partial charge in [-0.05, 0) is 15.9 Å². The van der Waals surface area contributed by atoms with Crippen LogP contribution in [0.5, 0.6) is 0 Å². The van der Waals surface area contributed by atoms with E-state index in [9.17, 15) is 13.2 Å². The number of hydrogen-bond acceptors (Lipinski definition) is 5. The zero-order chi connectivity index (χ0) is 15.2. The monoisotopic (exact) mass is 362 g/mol. The average molecular weight is 363 g/mol. The van der Waals surface area contributed by atoms with Crippen molar-refractivity contribution in [1.29, 1.82) is 0 Å². The van der Waals surface area contributed by atoms with Crippen molar-refractivity contribution in [1.82, 2.24) is 19.7 Å². The summed E-state index contributed by atoms with van der Waals surface area (Å²) in [6.45, 7) is 0.724. The number of nitrogen functional groups attached to an aromatic ring is 1. The molecule has 1 aliphatic rings. The molecule has 6 nitrogen and oxygen atoms in total. The van der Waals surface area contributed by atoms with Crippen LogP contribution in [0.15, 0.2) is 16.9 Å². The number of nitrogens with two attached hydrogens (primary N) is 1. The van der Waals surface area contributed by atoms with Gasteiger partial charge in [-0.1, -0.05) is 0 Å². The quantitative estimate of drug-likeness (QED) is 0.840. The molecule has 0 atom stereocenters. The van der Waals surface area contributed by atoms with Crippen molar-refractivity contribution in [3.8, 4) is 0 Å². The molecule has 0 bridgehead atoms. The number of halogens is 4. The molecule has 0 aliphatic carbocycles. The molecule has 10 heteroatoms. The van der Waals surface area contributed by atoms with Crippen molar-refractivity contribution in [3.05, 3.63) is 28.5 Å². The first-order valence-electron chi connectivity index (χ1n) is 6.01. The lowest BCUT2D eigenvalue weighted by Gasteiger charge is -2.31. The maximum absolute atomic E-state index is 12.8. The number of alkyl halides is 3. The second kappa shape index (κ2) is 4.86. The summed E-state index contributed by atoms with van der Waals surface area (Å²) < 4.78 is 40.1. The minimum Gasteiger partial charge on any atom is -0.396 e. The van der Waals surface area contributed by atoms with Crippen LogP contribution in [0.3, 0.4) is 0 Å². The molecule has 1 aliphatic heterocycles. The summed E-state index contributed by atoms with van der Waals surface area (Å²) in [6.07, 6.45) is -1.41. The van der Waals surface area contributed by atoms with E-state index in [1.165, 1.54) is 6.20 Å². The lowest BCUT2D eigenvalue weighted by atomic mass is 10.2. The summed E-state index contributed by atoms with van der Waals surface area (Å²) in [7, 11) is 0. The predicted molar refractivity (Wildman–Crippen MR) is 72.4 cm³/mol. The van der Waals surface area contributed by atoms with Crippen molar-refractivity contribution < 1.29 is 13.2 Å². The van der Waals surface area contributed by atoms with Crippen LogP contribution in [0.1, 0.15) is 11.6 Å². The number of rotatable bonds is 1. The van der Waals surface area contributed by atoms with Gasteiger partial charge in [0.1, 0.15) is 0 Å². The Kier molecular flexibility index (Phi) is 3.27. The van der Waals surface area contributed by atoms with Crippen molar-refractivity contribution in [2.45, 2.75) is 19.3 Å². The lowest BCUT2D eigenvalue weighted by molar-refractivity contribution is -0.147. The molecular weight excluding hydrogens is 353 g/mol. The average Bonchev–Trinajstić information content (AvgIpc) is 2.81. The second-order valence-electron chi connectivity index (χ2n) is 4.57. The van der Waals surface area contributed by atoms with Gasteiger partial charge in [0, 0.05) is 19.3 Å². The Bertz CT molecular complexity index is 663. The molecule has 21 heavy (non-hydrogen) atoms. The number of fused-ring (bicyclic) bond motifs is 1. The van der Waals surface area contributed by atoms with Gasteiger partial charge in [-0.2, -0.15) is 13.2 Å². The third-order valence-corrected chi connectivity index (χ3v) is 3.80. The minimum atomic E-state index is -4.50. The molecular formula is C11H10BrF3N6. The van der Waals surface area contributed by atoms with E-state index in [0.717, 1.165) is 4.57 Å². The zero-order valence-electron chi connectivity index (χ0n) is 10.6. The molecule has 3 heterocycles. The van der Waals surface area contributed by atoms with E-state index >= 15 is 0 Å². The zero-order valence-corrected chi connectivity index (χ0v) is 12.2. The van der Waals surface area contributed by atoms with E-state index in [2.05, 4.69) is 31.1 Å². The highest BCUT2D eigenvalue weighted by Crippen LogP contribution is 2.35. The Morgan fingerprint density at radius 3 is 2.62 bits per heavy atom. The maximum atomic E-state index is 12.8. The van der Waals surface area contributed by atoms with Crippen LogP contribution < -0.4 is 10.6 Å². The standard InChI is InChI=1S/C11H10BrF3N6/c12-6-3-17-4-7(16)9(6)20-1-2-21-8(5-20)18-19-10(21)11(13,14)15/h3-4H,1-2,5,16H2. The number of hydrogen-bond donors (Lipinski definition) is 1. The van der Waals surface area contributed by atoms with E-state index < -0.39 is 12.0 Å². The molecule has 0 aromatic carbocycles. The predicted octanol–water partition coefficient (Wildman–Crippen LogP) is 2.06. The molecule has 0 fully saturated rings. The highest BCUT2D eigenvalue weighted by atomic mass is 79.9. The van der Waals surface area contributed by atoms with E-state index in [-0.39, 0.29) is 18.9 Å². The van der Waals surface area contributed by atoms with Gasteiger partial charge in [0.15, 0.2) is 5.82 Å². The third kappa shape index (κ3) is 2.43. The fourth-order valence-corrected chi connectivity index (χ4v) is 2.93. The highest BCUT2D eigenvalue weighted by molar-refractivity contribution is 9.10. The van der Waals surface area contributed by atoms with E-state index in [4.69, 9.17) is 5.73 Å². The van der Waals surface area contributed by atoms with Crippen molar-refractivity contribution >= 4 is 27.3 Å². The normalized spacial score (nSPS) is 15.1. The number of aromatic nitrogens is 4. The SMILES string of the molecule is Nc1cncc(Br)c1N1CCn2c(nnc2C(F)(F)F)C1. The Hall–Kier alpha value is -1.84. The van der Waals surface area contributed by atoms with Gasteiger partial charge in [-0.15, -0.1) is 10.2 Å². The van der Waals surface area contributed by atoms with E-state index in [1.807, 2.05) is 4.90 Å². The molecule has 0 radical (unpaired) electrons. The summed E-state index contributed by atoms with van der Waals surface area (Å²) in [4.78, 5) is 5.79. The van der Waals surface area contributed by atoms with Crippen LogP contribution in [0.4, 0.5) is 24.5 Å². The summed E-state index contributed by atoms with van der Waals surface area (Å²) in [5.41, 5.74) is 7.04. The summed E-state index contributed by atoms with van der Waals surface area (Å²) in [6, 6.07) is 0. The first kappa shape index (κ1) is 14.1. The largest absolute Gasteiger partial charge is 0.451 e. The highest BCUT2D eigenvalue weighted by Gasteiger charge is 2.39. The molecule has 3 rings (SSSR count). The number of pyridine rings is 1. The van der Waals surface area contributed by atoms with Crippen LogP contribution in [-0.4, -0.2) is 26.3 Å². The van der Waals surface area contributed by atoms with Gasteiger partial charge in [-0.3, -0.25) is 4.98 Å². The molecule has 0 saturated heterocycles. The number of anilines is 2. The van der Waals surface area contributed by atoms with Gasteiger partial charge < -0.3 is 15.2 Å². The Morgan fingerprint density at radius 1 is 1.19 bits per heavy atom. The Balaban J connectivity index is 1.94. The van der Waals surface area contributed by atoms with Crippen LogP contribution in [0.25, 0.3) is 0 Å². The first-order valence-corrected chi connectivity index (χ1v) is 6.80. The molecule has 2 aromatic heterocycles. The molecule has 0 unspecified atom stereocenters. The van der Waals surface area contributed by atoms with Crippen LogP contribution >= 0.6 is 15.9 Å². The summed E-state index contributed by atoms with van der Waals surface area (Å²) >= 11 is 3.35. The van der Waals surface area contributed by atoms with Crippen LogP contribution in [-0.2, 0) is 19.3 Å². The van der Waals surface area contributed by atoms with Gasteiger partial charge in [0.25, 0.3) is 0 Å². The fourth-order valence-electron chi connectivity index (χ4n) is 2.34. The topological polar surface area (TPSA) is 72.9 Å². The molecule has 0 amide bonds. The third-order valence-electron chi connectivity index (χ3n) is 3.22. The number of nitrogens with zero attached hydrogens (tertiary/aromatic N) is 5.